The van der Waals surface area contributed by atoms with Gasteiger partial charge in [-0.15, -0.1) is 0 Å². The van der Waals surface area contributed by atoms with E-state index in [9.17, 15) is 0 Å². The SMILES string of the molecule is Cc1ccc(N2c3ccc(C(C)(C)C)cc3B3c4cc(C(C)(C)C)ccc4N(c4ccc(Cl)cc4)c4cc(C(C)(C)C)cc2c43)cc1. The van der Waals surface area contributed by atoms with E-state index in [-0.39, 0.29) is 23.0 Å². The van der Waals surface area contributed by atoms with E-state index in [1.54, 1.807) is 0 Å². The summed E-state index contributed by atoms with van der Waals surface area (Å²) < 4.78 is 0. The van der Waals surface area contributed by atoms with Gasteiger partial charge in [0, 0.05) is 39.1 Å². The summed E-state index contributed by atoms with van der Waals surface area (Å²) in [5.74, 6) is 0. The Hall–Kier alpha value is -3.95. The molecule has 47 heavy (non-hydrogen) atoms. The Kier molecular flexibility index (Phi) is 7.26. The minimum Gasteiger partial charge on any atom is -0.311 e. The lowest BCUT2D eigenvalue weighted by Crippen LogP contribution is -2.61. The van der Waals surface area contributed by atoms with Crippen LogP contribution in [0.3, 0.4) is 0 Å². The van der Waals surface area contributed by atoms with Gasteiger partial charge in [-0.2, -0.15) is 0 Å². The molecule has 238 valence electrons. The number of aryl methyl sites for hydroxylation is 1. The van der Waals surface area contributed by atoms with E-state index in [0.29, 0.717) is 0 Å². The van der Waals surface area contributed by atoms with E-state index in [4.69, 9.17) is 11.6 Å². The first-order valence-electron chi connectivity index (χ1n) is 16.9. The summed E-state index contributed by atoms with van der Waals surface area (Å²) >= 11 is 6.47. The molecule has 0 saturated heterocycles. The molecule has 5 aromatic rings. The predicted octanol–water partition coefficient (Wildman–Crippen LogP) is 10.6. The zero-order chi connectivity index (χ0) is 33.6. The van der Waals surface area contributed by atoms with Crippen molar-refractivity contribution >= 4 is 68.8 Å². The Labute approximate surface area is 287 Å². The normalized spacial score (nSPS) is 14.1. The van der Waals surface area contributed by atoms with Crippen LogP contribution in [0, 0.1) is 6.92 Å². The standard InChI is InChI=1S/C43H46BClN2/c1-27-11-17-32(18-12-27)46-36-21-13-28(41(2,3)4)23-34(36)44-35-24-29(42(5,6)7)14-22-37(35)47(33-19-15-31(45)16-20-33)39-26-30(43(8,9)10)25-38(46)40(39)44/h11-26H,1-10H3. The number of benzene rings is 5. The molecule has 0 bridgehead atoms. The highest BCUT2D eigenvalue weighted by Crippen LogP contribution is 2.46. The van der Waals surface area contributed by atoms with Gasteiger partial charge in [0.2, 0.25) is 0 Å². The van der Waals surface area contributed by atoms with Crippen LogP contribution in [0.2, 0.25) is 5.02 Å². The first-order valence-corrected chi connectivity index (χ1v) is 17.3. The van der Waals surface area contributed by atoms with Gasteiger partial charge in [0.25, 0.3) is 6.71 Å². The molecule has 0 fully saturated rings. The molecule has 0 aromatic heterocycles. The minimum absolute atomic E-state index is 0.0119. The summed E-state index contributed by atoms with van der Waals surface area (Å²) in [7, 11) is 0. The van der Waals surface area contributed by atoms with Crippen molar-refractivity contribution < 1.29 is 0 Å². The maximum Gasteiger partial charge on any atom is 0.252 e. The Balaban J connectivity index is 1.65. The van der Waals surface area contributed by atoms with Gasteiger partial charge < -0.3 is 9.80 Å². The second kappa shape index (κ2) is 10.8. The second-order valence-corrected chi connectivity index (χ2v) is 17.1. The third-order valence-corrected chi connectivity index (χ3v) is 10.3. The van der Waals surface area contributed by atoms with Crippen molar-refractivity contribution in [2.75, 3.05) is 9.80 Å². The second-order valence-electron chi connectivity index (χ2n) is 16.6. The zero-order valence-electron chi connectivity index (χ0n) is 29.6. The fraction of sp³-hybridized carbons (Fsp3) is 0.302. The number of rotatable bonds is 2. The lowest BCUT2D eigenvalue weighted by molar-refractivity contribution is 0.590. The molecule has 5 aromatic carbocycles. The van der Waals surface area contributed by atoms with E-state index in [0.717, 1.165) is 10.7 Å². The van der Waals surface area contributed by atoms with E-state index in [1.807, 2.05) is 12.1 Å². The topological polar surface area (TPSA) is 6.48 Å². The zero-order valence-corrected chi connectivity index (χ0v) is 30.3. The van der Waals surface area contributed by atoms with Gasteiger partial charge in [0.1, 0.15) is 0 Å². The Bertz CT molecular complexity index is 1870. The summed E-state index contributed by atoms with van der Waals surface area (Å²) in [4.78, 5) is 5.00. The van der Waals surface area contributed by atoms with E-state index in [2.05, 4.69) is 164 Å². The first kappa shape index (κ1) is 31.6. The molecular formula is C43H46BClN2. The quantitative estimate of drug-likeness (QED) is 0.174. The van der Waals surface area contributed by atoms with Crippen molar-refractivity contribution in [3.05, 3.63) is 124 Å². The molecule has 2 heterocycles. The smallest absolute Gasteiger partial charge is 0.252 e. The van der Waals surface area contributed by atoms with Crippen molar-refractivity contribution in [2.45, 2.75) is 85.5 Å². The van der Waals surface area contributed by atoms with Crippen LogP contribution in [0.15, 0.2) is 97.1 Å². The number of hydrogen-bond acceptors (Lipinski definition) is 2. The number of halogens is 1. The fourth-order valence-electron chi connectivity index (χ4n) is 7.21. The maximum absolute atomic E-state index is 6.47. The van der Waals surface area contributed by atoms with Gasteiger partial charge in [0.15, 0.2) is 0 Å². The third kappa shape index (κ3) is 5.37. The number of nitrogens with zero attached hydrogens (tertiary/aromatic N) is 2. The number of hydrogen-bond donors (Lipinski definition) is 0. The van der Waals surface area contributed by atoms with E-state index in [1.165, 1.54) is 67.1 Å². The van der Waals surface area contributed by atoms with Crippen LogP contribution in [0.5, 0.6) is 0 Å². The summed E-state index contributed by atoms with van der Waals surface area (Å²) in [5.41, 5.74) is 16.6. The van der Waals surface area contributed by atoms with Crippen molar-refractivity contribution in [3.8, 4) is 0 Å². The molecular weight excluding hydrogens is 591 g/mol. The monoisotopic (exact) mass is 636 g/mol. The summed E-state index contributed by atoms with van der Waals surface area (Å²) in [6.45, 7) is 23.1. The molecule has 0 spiro atoms. The molecule has 4 heteroatoms. The molecule has 2 aliphatic rings. The van der Waals surface area contributed by atoms with Gasteiger partial charge in [-0.05, 0) is 117 Å². The van der Waals surface area contributed by atoms with Crippen molar-refractivity contribution in [1.82, 2.24) is 0 Å². The van der Waals surface area contributed by atoms with Crippen LogP contribution >= 0.6 is 11.6 Å². The lowest BCUT2D eigenvalue weighted by Gasteiger charge is -2.45. The van der Waals surface area contributed by atoms with Crippen LogP contribution < -0.4 is 26.2 Å². The molecule has 0 atom stereocenters. The molecule has 0 aliphatic carbocycles. The predicted molar refractivity (Wildman–Crippen MR) is 206 cm³/mol. The molecule has 2 aliphatic heterocycles. The number of anilines is 6. The Morgan fingerprint density at radius 1 is 0.468 bits per heavy atom. The lowest BCUT2D eigenvalue weighted by atomic mass is 9.33. The highest BCUT2D eigenvalue weighted by atomic mass is 35.5. The minimum atomic E-state index is -0.0572. The van der Waals surface area contributed by atoms with Crippen LogP contribution in [-0.2, 0) is 16.2 Å². The highest BCUT2D eigenvalue weighted by molar-refractivity contribution is 7.00. The Morgan fingerprint density at radius 2 is 0.872 bits per heavy atom. The van der Waals surface area contributed by atoms with Crippen LogP contribution in [-0.4, -0.2) is 6.71 Å². The van der Waals surface area contributed by atoms with Crippen LogP contribution in [0.4, 0.5) is 34.1 Å². The van der Waals surface area contributed by atoms with Gasteiger partial charge >= 0.3 is 0 Å². The largest absolute Gasteiger partial charge is 0.311 e. The summed E-state index contributed by atoms with van der Waals surface area (Å²) in [6, 6.07) is 36.7. The van der Waals surface area contributed by atoms with Crippen molar-refractivity contribution in [2.24, 2.45) is 0 Å². The average Bonchev–Trinajstić information content (AvgIpc) is 3.00. The van der Waals surface area contributed by atoms with Gasteiger partial charge in [0.05, 0.1) is 0 Å². The van der Waals surface area contributed by atoms with Gasteiger partial charge in [-0.1, -0.05) is 116 Å². The molecule has 2 nitrogen and oxygen atoms in total. The molecule has 0 N–H and O–H groups in total. The van der Waals surface area contributed by atoms with Gasteiger partial charge in [-0.3, -0.25) is 0 Å². The highest BCUT2D eigenvalue weighted by Gasteiger charge is 2.44. The van der Waals surface area contributed by atoms with Crippen molar-refractivity contribution in [1.29, 1.82) is 0 Å². The summed E-state index contributed by atoms with van der Waals surface area (Å²) in [6.07, 6.45) is 0. The average molecular weight is 637 g/mol. The molecule has 0 amide bonds. The summed E-state index contributed by atoms with van der Waals surface area (Å²) in [5, 5.41) is 0.742. The van der Waals surface area contributed by atoms with Gasteiger partial charge in [-0.25, -0.2) is 0 Å². The third-order valence-electron chi connectivity index (χ3n) is 10.0. The van der Waals surface area contributed by atoms with Crippen molar-refractivity contribution in [3.63, 3.8) is 0 Å². The van der Waals surface area contributed by atoms with Crippen LogP contribution in [0.25, 0.3) is 0 Å². The first-order chi connectivity index (χ1) is 22.0. The molecule has 0 unspecified atom stereocenters. The maximum atomic E-state index is 6.47. The molecule has 7 rings (SSSR count). The molecule has 0 radical (unpaired) electrons. The molecule has 0 saturated carbocycles. The Morgan fingerprint density at radius 3 is 1.28 bits per heavy atom. The fourth-order valence-corrected chi connectivity index (χ4v) is 7.34. The van der Waals surface area contributed by atoms with E-state index < -0.39 is 0 Å². The van der Waals surface area contributed by atoms with E-state index >= 15 is 0 Å². The number of fused-ring (bicyclic) bond motifs is 4. The van der Waals surface area contributed by atoms with Crippen LogP contribution in [0.1, 0.15) is 84.6 Å².